The second-order valence-corrected chi connectivity index (χ2v) is 8.62. The lowest BCUT2D eigenvalue weighted by molar-refractivity contribution is 0.433. The van der Waals surface area contributed by atoms with Gasteiger partial charge >= 0.3 is 0 Å². The van der Waals surface area contributed by atoms with E-state index in [0.717, 1.165) is 37.0 Å². The number of alkyl halides is 1. The molecule has 0 saturated heterocycles. The summed E-state index contributed by atoms with van der Waals surface area (Å²) in [6.07, 6.45) is 3.47. The molecule has 102 valence electrons. The normalized spacial score (nSPS) is 19.3. The maximum atomic E-state index is 12.3. The van der Waals surface area contributed by atoms with Gasteiger partial charge in [0.25, 0.3) is 0 Å². The first-order valence-corrected chi connectivity index (χ1v) is 9.02. The van der Waals surface area contributed by atoms with E-state index in [9.17, 15) is 8.42 Å². The second-order valence-electron chi connectivity index (χ2n) is 4.42. The van der Waals surface area contributed by atoms with Gasteiger partial charge in [-0.15, -0.1) is 22.9 Å². The molecule has 1 fully saturated rings. The van der Waals surface area contributed by atoms with Gasteiger partial charge < -0.3 is 0 Å². The molecular formula is C10H12Cl3NO2S2. The first kappa shape index (κ1) is 14.9. The summed E-state index contributed by atoms with van der Waals surface area (Å²) >= 11 is 18.6. The molecule has 1 heterocycles. The quantitative estimate of drug-likeness (QED) is 0.839. The number of nitrogens with one attached hydrogen (secondary N) is 1. The molecule has 0 aromatic carbocycles. The Labute approximate surface area is 125 Å². The van der Waals surface area contributed by atoms with Gasteiger partial charge in [0.05, 0.1) is 4.34 Å². The molecule has 0 aliphatic heterocycles. The van der Waals surface area contributed by atoms with Crippen LogP contribution >= 0.6 is 46.1 Å². The van der Waals surface area contributed by atoms with Crippen LogP contribution in [-0.4, -0.2) is 19.8 Å². The van der Waals surface area contributed by atoms with Gasteiger partial charge in [0, 0.05) is 11.4 Å². The number of halogens is 3. The van der Waals surface area contributed by atoms with Gasteiger partial charge in [-0.05, 0) is 18.9 Å². The summed E-state index contributed by atoms with van der Waals surface area (Å²) in [5, 5.41) is 0. The lowest BCUT2D eigenvalue weighted by Crippen LogP contribution is -2.47. The van der Waals surface area contributed by atoms with Crippen LogP contribution in [0.5, 0.6) is 0 Å². The molecule has 1 saturated carbocycles. The Morgan fingerprint density at radius 3 is 2.39 bits per heavy atom. The number of hydrogen-bond acceptors (Lipinski definition) is 3. The molecule has 1 N–H and O–H groups in total. The zero-order valence-electron chi connectivity index (χ0n) is 9.38. The standard InChI is InChI=1S/C10H12Cl3NO2S2/c11-6-10(3-1-2-4-10)14-18(15,16)7-5-8(12)17-9(7)13/h5,14H,1-4,6H2. The molecule has 0 radical (unpaired) electrons. The highest BCUT2D eigenvalue weighted by Crippen LogP contribution is 2.37. The second kappa shape index (κ2) is 5.46. The summed E-state index contributed by atoms with van der Waals surface area (Å²) in [5.74, 6) is 0.266. The highest BCUT2D eigenvalue weighted by Gasteiger charge is 2.38. The van der Waals surface area contributed by atoms with E-state index >= 15 is 0 Å². The lowest BCUT2D eigenvalue weighted by Gasteiger charge is -2.27. The van der Waals surface area contributed by atoms with Crippen LogP contribution < -0.4 is 4.72 Å². The predicted molar refractivity (Wildman–Crippen MR) is 76.6 cm³/mol. The molecular weight excluding hydrogens is 337 g/mol. The van der Waals surface area contributed by atoms with Crippen LogP contribution in [0.25, 0.3) is 0 Å². The van der Waals surface area contributed by atoms with Crippen LogP contribution in [0.15, 0.2) is 11.0 Å². The van der Waals surface area contributed by atoms with Crippen molar-refractivity contribution < 1.29 is 8.42 Å². The third kappa shape index (κ3) is 2.97. The maximum Gasteiger partial charge on any atom is 0.243 e. The van der Waals surface area contributed by atoms with Crippen molar-refractivity contribution in [2.24, 2.45) is 0 Å². The van der Waals surface area contributed by atoms with Crippen LogP contribution in [0.3, 0.4) is 0 Å². The molecule has 1 aliphatic rings. The fourth-order valence-electron chi connectivity index (χ4n) is 2.16. The molecule has 0 atom stereocenters. The highest BCUT2D eigenvalue weighted by atomic mass is 35.5. The SMILES string of the molecule is O=S(=O)(NC1(CCl)CCCC1)c1cc(Cl)sc1Cl. The summed E-state index contributed by atoms with van der Waals surface area (Å²) in [4.78, 5) is 0.0376. The average molecular weight is 349 g/mol. The van der Waals surface area contributed by atoms with Crippen LogP contribution in [0.1, 0.15) is 25.7 Å². The molecule has 3 nitrogen and oxygen atoms in total. The number of thiophene rings is 1. The van der Waals surface area contributed by atoms with Crippen LogP contribution in [0.2, 0.25) is 8.67 Å². The minimum absolute atomic E-state index is 0.0376. The average Bonchev–Trinajstić information content (AvgIpc) is 2.86. The smallest absolute Gasteiger partial charge is 0.207 e. The number of hydrogen-bond donors (Lipinski definition) is 1. The summed E-state index contributed by atoms with van der Waals surface area (Å²) < 4.78 is 27.8. The van der Waals surface area contributed by atoms with E-state index in [0.29, 0.717) is 4.34 Å². The van der Waals surface area contributed by atoms with E-state index in [4.69, 9.17) is 34.8 Å². The summed E-state index contributed by atoms with van der Waals surface area (Å²) in [7, 11) is -3.66. The minimum Gasteiger partial charge on any atom is -0.207 e. The molecule has 0 unspecified atom stereocenters. The maximum absolute atomic E-state index is 12.3. The van der Waals surface area contributed by atoms with Gasteiger partial charge in [0.1, 0.15) is 9.23 Å². The molecule has 8 heteroatoms. The first-order valence-electron chi connectivity index (χ1n) is 5.43. The molecule has 1 aliphatic carbocycles. The zero-order chi connectivity index (χ0) is 13.4. The van der Waals surface area contributed by atoms with E-state index < -0.39 is 15.6 Å². The lowest BCUT2D eigenvalue weighted by atomic mass is 10.0. The van der Waals surface area contributed by atoms with Crippen molar-refractivity contribution in [3.8, 4) is 0 Å². The van der Waals surface area contributed by atoms with Crippen molar-refractivity contribution in [3.05, 3.63) is 14.7 Å². The molecule has 1 aromatic rings. The third-order valence-corrected chi connectivity index (χ3v) is 6.93. The van der Waals surface area contributed by atoms with Crippen LogP contribution in [0, 0.1) is 0 Å². The Morgan fingerprint density at radius 1 is 1.33 bits per heavy atom. The fourth-order valence-corrected chi connectivity index (χ4v) is 6.19. The molecule has 0 spiro atoms. The van der Waals surface area contributed by atoms with E-state index in [1.54, 1.807) is 0 Å². The van der Waals surface area contributed by atoms with Crippen LogP contribution in [0.4, 0.5) is 0 Å². The summed E-state index contributed by atoms with van der Waals surface area (Å²) in [5.41, 5.74) is -0.544. The van der Waals surface area contributed by atoms with Crippen molar-refractivity contribution in [2.75, 3.05) is 5.88 Å². The Hall–Kier alpha value is 0.480. The molecule has 1 aromatic heterocycles. The molecule has 2 rings (SSSR count). The van der Waals surface area contributed by atoms with Crippen LogP contribution in [-0.2, 0) is 10.0 Å². The Balaban J connectivity index is 2.29. The number of sulfonamides is 1. The summed E-state index contributed by atoms with van der Waals surface area (Å²) in [6.45, 7) is 0. The van der Waals surface area contributed by atoms with Gasteiger partial charge in [-0.2, -0.15) is 0 Å². The largest absolute Gasteiger partial charge is 0.243 e. The highest BCUT2D eigenvalue weighted by molar-refractivity contribution is 7.89. The van der Waals surface area contributed by atoms with Gasteiger partial charge in [-0.3, -0.25) is 0 Å². The van der Waals surface area contributed by atoms with Gasteiger partial charge in [-0.1, -0.05) is 36.0 Å². The van der Waals surface area contributed by atoms with Crippen molar-refractivity contribution in [1.29, 1.82) is 0 Å². The zero-order valence-corrected chi connectivity index (χ0v) is 13.3. The Kier molecular flexibility index (Phi) is 4.52. The molecule has 18 heavy (non-hydrogen) atoms. The van der Waals surface area contributed by atoms with Crippen molar-refractivity contribution in [2.45, 2.75) is 36.1 Å². The van der Waals surface area contributed by atoms with E-state index in [1.165, 1.54) is 6.07 Å². The first-order chi connectivity index (χ1) is 8.38. The van der Waals surface area contributed by atoms with Gasteiger partial charge in [-0.25, -0.2) is 13.1 Å². The Bertz CT molecular complexity index is 535. The minimum atomic E-state index is -3.66. The van der Waals surface area contributed by atoms with Gasteiger partial charge in [0.15, 0.2) is 0 Å². The number of rotatable bonds is 4. The monoisotopic (exact) mass is 347 g/mol. The molecule has 0 amide bonds. The van der Waals surface area contributed by atoms with Crippen molar-refractivity contribution >= 4 is 56.2 Å². The van der Waals surface area contributed by atoms with Gasteiger partial charge in [0.2, 0.25) is 10.0 Å². The topological polar surface area (TPSA) is 46.2 Å². The van der Waals surface area contributed by atoms with E-state index in [-0.39, 0.29) is 15.1 Å². The molecule has 0 bridgehead atoms. The fraction of sp³-hybridized carbons (Fsp3) is 0.600. The van der Waals surface area contributed by atoms with E-state index in [2.05, 4.69) is 4.72 Å². The Morgan fingerprint density at radius 2 is 1.94 bits per heavy atom. The summed E-state index contributed by atoms with van der Waals surface area (Å²) in [6, 6.07) is 1.37. The van der Waals surface area contributed by atoms with Crippen molar-refractivity contribution in [3.63, 3.8) is 0 Å². The van der Waals surface area contributed by atoms with Crippen molar-refractivity contribution in [1.82, 2.24) is 4.72 Å². The predicted octanol–water partition coefficient (Wildman–Crippen LogP) is 3.88. The van der Waals surface area contributed by atoms with E-state index in [1.807, 2.05) is 0 Å². The third-order valence-electron chi connectivity index (χ3n) is 3.08.